The highest BCUT2D eigenvalue weighted by Gasteiger charge is 2.44. The molecule has 2 fully saturated rings. The van der Waals surface area contributed by atoms with Crippen molar-refractivity contribution in [3.05, 3.63) is 23.8 Å². The number of nitrogens with two attached hydrogens (primary N) is 2. The van der Waals surface area contributed by atoms with E-state index in [1.54, 1.807) is 13.8 Å². The first-order valence-corrected chi connectivity index (χ1v) is 23.7. The molecular weight excluding hydrogens is 899 g/mol. The molecule has 24 heteroatoms. The maximum Gasteiger partial charge on any atom is 0.303 e. The van der Waals surface area contributed by atoms with Crippen LogP contribution in [0.3, 0.4) is 0 Å². The van der Waals surface area contributed by atoms with Crippen molar-refractivity contribution in [2.45, 2.75) is 139 Å². The van der Waals surface area contributed by atoms with Crippen molar-refractivity contribution in [3.8, 4) is 11.5 Å². The third-order valence-electron chi connectivity index (χ3n) is 11.2. The maximum atomic E-state index is 14.6. The van der Waals surface area contributed by atoms with Gasteiger partial charge in [-0.15, -0.1) is 0 Å². The molecule has 1 aromatic rings. The number of hydrogen-bond acceptors (Lipinski definition) is 13. The lowest BCUT2D eigenvalue weighted by molar-refractivity contribution is -0.139. The topological polar surface area (TPSA) is 374 Å². The van der Waals surface area contributed by atoms with Gasteiger partial charge >= 0.3 is 5.97 Å². The lowest BCUT2D eigenvalue weighted by atomic mass is 9.80. The summed E-state index contributed by atoms with van der Waals surface area (Å²) in [6.07, 6.45) is 0.519. The number of phenolic OH excluding ortho intramolecular Hbond substituents is 1. The van der Waals surface area contributed by atoms with E-state index in [0.717, 1.165) is 0 Å². The Balaban J connectivity index is 2.10. The zero-order valence-corrected chi connectivity index (χ0v) is 38.9. The number of carbonyl (C=O) groups excluding carboxylic acids is 9. The molecule has 1 saturated carbocycles. The number of aromatic hydroxyl groups is 1. The van der Waals surface area contributed by atoms with Gasteiger partial charge in [0.15, 0.2) is 11.5 Å². The molecule has 2 aliphatic rings. The fourth-order valence-corrected chi connectivity index (χ4v) is 8.81. The molecule has 372 valence electrons. The number of hydrogen-bond donors (Lipinski definition) is 11. The van der Waals surface area contributed by atoms with E-state index in [9.17, 15) is 62.4 Å². The second kappa shape index (κ2) is 26.7. The number of methoxy groups -OCH3 is 1. The highest BCUT2D eigenvalue weighted by Crippen LogP contribution is 2.30. The van der Waals surface area contributed by atoms with E-state index in [2.05, 4.69) is 37.2 Å². The minimum absolute atomic E-state index is 0.00532. The Morgan fingerprint density at radius 1 is 0.821 bits per heavy atom. The molecule has 67 heavy (non-hydrogen) atoms. The third-order valence-corrected chi connectivity index (χ3v) is 12.5. The summed E-state index contributed by atoms with van der Waals surface area (Å²) >= 11 is 0. The molecular formula is C43H65N9O14S. The van der Waals surface area contributed by atoms with Crippen LogP contribution in [0.4, 0.5) is 0 Å². The molecule has 13 N–H and O–H groups in total. The smallest absolute Gasteiger partial charge is 0.303 e. The summed E-state index contributed by atoms with van der Waals surface area (Å²) in [5, 5.41) is 37.7. The molecule has 0 unspecified atom stereocenters. The number of nitrogens with one attached hydrogen (secondary N) is 7. The van der Waals surface area contributed by atoms with Crippen LogP contribution in [0.5, 0.6) is 11.5 Å². The lowest BCUT2D eigenvalue weighted by Gasteiger charge is -2.38. The number of amides is 9. The van der Waals surface area contributed by atoms with Crippen LogP contribution in [0.15, 0.2) is 18.2 Å². The zero-order chi connectivity index (χ0) is 49.8. The molecule has 6 atom stereocenters. The van der Waals surface area contributed by atoms with Gasteiger partial charge in [-0.2, -0.15) is 0 Å². The van der Waals surface area contributed by atoms with Crippen LogP contribution in [0.2, 0.25) is 0 Å². The van der Waals surface area contributed by atoms with Crippen molar-refractivity contribution in [3.63, 3.8) is 0 Å². The van der Waals surface area contributed by atoms with Crippen LogP contribution in [0.25, 0.3) is 0 Å². The zero-order valence-electron chi connectivity index (χ0n) is 38.1. The molecule has 0 aromatic heterocycles. The minimum Gasteiger partial charge on any atom is -0.504 e. The number of phenols is 1. The van der Waals surface area contributed by atoms with Crippen LogP contribution in [-0.2, 0) is 65.2 Å². The molecule has 3 rings (SSSR count). The molecule has 1 aromatic carbocycles. The average Bonchev–Trinajstić information content (AvgIpc) is 3.24. The van der Waals surface area contributed by atoms with Crippen molar-refractivity contribution < 1.29 is 67.1 Å². The number of rotatable bonds is 12. The maximum absolute atomic E-state index is 14.6. The Bertz CT molecular complexity index is 2010. The van der Waals surface area contributed by atoms with Gasteiger partial charge in [-0.3, -0.25) is 52.2 Å². The second-order valence-corrected chi connectivity index (χ2v) is 18.7. The fraction of sp³-hybridized carbons (Fsp3) is 0.628. The summed E-state index contributed by atoms with van der Waals surface area (Å²) in [6, 6.07) is -2.96. The van der Waals surface area contributed by atoms with Crippen molar-refractivity contribution in [1.82, 2.24) is 37.2 Å². The van der Waals surface area contributed by atoms with Gasteiger partial charge < -0.3 is 63.6 Å². The van der Waals surface area contributed by atoms with E-state index in [4.69, 9.17) is 16.2 Å². The largest absolute Gasteiger partial charge is 0.504 e. The molecule has 1 aliphatic carbocycles. The van der Waals surface area contributed by atoms with E-state index in [1.165, 1.54) is 25.3 Å². The number of carbonyl (C=O) groups is 10. The van der Waals surface area contributed by atoms with Gasteiger partial charge in [0.05, 0.1) is 19.3 Å². The normalized spacial score (nSPS) is 24.6. The van der Waals surface area contributed by atoms with E-state index in [0.29, 0.717) is 24.8 Å². The molecule has 1 saturated heterocycles. The average molecular weight is 964 g/mol. The van der Waals surface area contributed by atoms with Gasteiger partial charge in [-0.05, 0) is 68.6 Å². The predicted octanol–water partition coefficient (Wildman–Crippen LogP) is -2.10. The Morgan fingerprint density at radius 3 is 2.12 bits per heavy atom. The minimum atomic E-state index is -2.13. The summed E-state index contributed by atoms with van der Waals surface area (Å²) in [6.45, 7) is 3.49. The standard InChI is InChI=1S/C43H65N9O14S/c1-24(2)18-27-40(62)50-28(19-25-13-14-31(53)32(20-25)66-3)41(63)52-43(15-6-4-7-16-43)42(64)51-29(21-33(44)54)38(60)46-17-8-5-11-34(55)48-30(37(45)59)22-67(65)23-35(56)47-26(39(61)49-27)10-9-12-36(57)58/h13-14,20,24,26-30,53H,4-12,15-19,21-23H2,1-3H3,(H2,44,54)(H2,45,59)(H,46,60)(H,47,56)(H,48,55)(H,49,61)(H,50,62)(H,51,64)(H,52,63)(H,57,58)/t26-,27-,28-,29-,30+,67-/m0/s1. The first kappa shape index (κ1) is 55.0. The molecule has 1 heterocycles. The van der Waals surface area contributed by atoms with E-state index >= 15 is 0 Å². The van der Waals surface area contributed by atoms with Gasteiger partial charge in [0.25, 0.3) is 0 Å². The van der Waals surface area contributed by atoms with Crippen LogP contribution in [0.1, 0.15) is 103 Å². The summed E-state index contributed by atoms with van der Waals surface area (Å²) in [5.74, 6) is -10.7. The first-order chi connectivity index (χ1) is 31.6. The van der Waals surface area contributed by atoms with Crippen LogP contribution in [0, 0.1) is 5.92 Å². The number of ether oxygens (including phenoxy) is 1. The molecule has 23 nitrogen and oxygen atoms in total. The van der Waals surface area contributed by atoms with Crippen LogP contribution in [-0.4, -0.2) is 134 Å². The molecule has 0 radical (unpaired) electrons. The van der Waals surface area contributed by atoms with Crippen molar-refractivity contribution in [1.29, 1.82) is 0 Å². The summed E-state index contributed by atoms with van der Waals surface area (Å²) in [5.41, 5.74) is 9.69. The Hall–Kier alpha value is -6.33. The number of primary amides is 2. The van der Waals surface area contributed by atoms with Gasteiger partial charge in [-0.1, -0.05) is 39.2 Å². The van der Waals surface area contributed by atoms with Gasteiger partial charge in [-0.25, -0.2) is 0 Å². The molecule has 0 bridgehead atoms. The monoisotopic (exact) mass is 963 g/mol. The van der Waals surface area contributed by atoms with E-state index < -0.39 is 130 Å². The summed E-state index contributed by atoms with van der Waals surface area (Å²) < 4.78 is 18.4. The number of benzene rings is 1. The van der Waals surface area contributed by atoms with E-state index in [1.807, 2.05) is 0 Å². The van der Waals surface area contributed by atoms with Crippen molar-refractivity contribution >= 4 is 69.9 Å². The quantitative estimate of drug-likeness (QED) is 0.107. The van der Waals surface area contributed by atoms with Crippen molar-refractivity contribution in [2.24, 2.45) is 17.4 Å². The summed E-state index contributed by atoms with van der Waals surface area (Å²) in [4.78, 5) is 132. The van der Waals surface area contributed by atoms with Gasteiger partial charge in [0, 0.05) is 36.6 Å². The lowest BCUT2D eigenvalue weighted by Crippen LogP contribution is -2.66. The SMILES string of the molecule is COc1cc(C[C@@H]2NC(=O)[C@H](CC(C)C)NC(=O)[C@H](CCCC(=O)O)NC(=O)C[S@@](=O)C[C@H](C(N)=O)NC(=O)CCCCNC(=O)[C@H](CC(N)=O)NC(=O)C3(CCCCC3)NC2=O)ccc1O. The number of aliphatic carboxylic acids is 1. The predicted molar refractivity (Wildman–Crippen MR) is 241 cm³/mol. The number of carboxylic acids is 1. The highest BCUT2D eigenvalue weighted by atomic mass is 32.2. The summed E-state index contributed by atoms with van der Waals surface area (Å²) in [7, 11) is -0.817. The Labute approximate surface area is 390 Å². The van der Waals surface area contributed by atoms with Crippen LogP contribution < -0.4 is 53.4 Å². The molecule has 9 amide bonds. The second-order valence-electron chi connectivity index (χ2n) is 17.2. The Kier molecular flexibility index (Phi) is 21.9. The van der Waals surface area contributed by atoms with E-state index in [-0.39, 0.29) is 81.7 Å². The third kappa shape index (κ3) is 18.5. The van der Waals surface area contributed by atoms with Crippen LogP contribution >= 0.6 is 0 Å². The Morgan fingerprint density at radius 2 is 1.49 bits per heavy atom. The first-order valence-electron chi connectivity index (χ1n) is 22.2. The molecule has 1 spiro atoms. The number of carboxylic acid groups (broad SMARTS) is 1. The van der Waals surface area contributed by atoms with Gasteiger partial charge in [0.1, 0.15) is 41.5 Å². The van der Waals surface area contributed by atoms with Gasteiger partial charge in [0.2, 0.25) is 53.2 Å². The molecule has 1 aliphatic heterocycles. The highest BCUT2D eigenvalue weighted by molar-refractivity contribution is 7.85. The fourth-order valence-electron chi connectivity index (χ4n) is 7.70. The van der Waals surface area contributed by atoms with Crippen molar-refractivity contribution in [2.75, 3.05) is 25.2 Å².